The minimum absolute atomic E-state index is 0.0362. The van der Waals surface area contributed by atoms with Crippen LogP contribution in [0, 0.1) is 0 Å². The maximum atomic E-state index is 12.7. The summed E-state index contributed by atoms with van der Waals surface area (Å²) in [6, 6.07) is 17.8. The van der Waals surface area contributed by atoms with Crippen LogP contribution in [0.25, 0.3) is 27.5 Å². The summed E-state index contributed by atoms with van der Waals surface area (Å²) >= 11 is 0. The number of para-hydroxylation sites is 2. The van der Waals surface area contributed by atoms with E-state index in [0.717, 1.165) is 22.0 Å². The second kappa shape index (κ2) is 4.84. The van der Waals surface area contributed by atoms with Crippen LogP contribution in [0.5, 0.6) is 0 Å². The monoisotopic (exact) mass is 289 g/mol. The molecule has 4 heteroatoms. The third-order valence-corrected chi connectivity index (χ3v) is 3.98. The van der Waals surface area contributed by atoms with Crippen molar-refractivity contribution >= 4 is 21.8 Å². The molecule has 0 N–H and O–H groups in total. The molecule has 0 radical (unpaired) electrons. The molecule has 2 aromatic heterocycles. The third kappa shape index (κ3) is 1.77. The molecule has 0 fully saturated rings. The minimum atomic E-state index is -0.0362. The van der Waals surface area contributed by atoms with Crippen LogP contribution in [-0.2, 0) is 6.54 Å². The molecule has 0 unspecified atom stereocenters. The van der Waals surface area contributed by atoms with Crippen LogP contribution in [0.15, 0.2) is 65.6 Å². The number of pyridine rings is 1. The molecule has 0 aliphatic carbocycles. The molecule has 22 heavy (non-hydrogen) atoms. The third-order valence-electron chi connectivity index (χ3n) is 3.98. The van der Waals surface area contributed by atoms with Crippen molar-refractivity contribution in [2.24, 2.45) is 0 Å². The quantitative estimate of drug-likeness (QED) is 0.567. The van der Waals surface area contributed by atoms with Gasteiger partial charge in [-0.05, 0) is 25.1 Å². The Morgan fingerprint density at radius 3 is 2.45 bits per heavy atom. The highest BCUT2D eigenvalue weighted by atomic mass is 16.1. The van der Waals surface area contributed by atoms with Crippen molar-refractivity contribution in [2.75, 3.05) is 0 Å². The van der Waals surface area contributed by atoms with Gasteiger partial charge in [0.1, 0.15) is 0 Å². The Labute approximate surface area is 127 Å². The zero-order valence-electron chi connectivity index (χ0n) is 12.2. The lowest BCUT2D eigenvalue weighted by atomic mass is 10.1. The smallest absolute Gasteiger partial charge is 0.279 e. The van der Waals surface area contributed by atoms with Gasteiger partial charge in [0.25, 0.3) is 5.56 Å². The first-order chi connectivity index (χ1) is 10.8. The van der Waals surface area contributed by atoms with Gasteiger partial charge in [-0.15, -0.1) is 0 Å². The minimum Gasteiger partial charge on any atom is -0.307 e. The van der Waals surface area contributed by atoms with Crippen molar-refractivity contribution in [1.29, 1.82) is 0 Å². The van der Waals surface area contributed by atoms with Crippen LogP contribution < -0.4 is 5.56 Å². The van der Waals surface area contributed by atoms with Gasteiger partial charge >= 0.3 is 0 Å². The first-order valence-electron chi connectivity index (χ1n) is 7.36. The summed E-state index contributed by atoms with van der Waals surface area (Å²) in [5, 5.41) is 6.48. The maximum absolute atomic E-state index is 12.7. The zero-order valence-corrected chi connectivity index (χ0v) is 12.2. The number of fused-ring (bicyclic) bond motifs is 3. The molecule has 108 valence electrons. The number of nitrogens with zero attached hydrogens (tertiary/aromatic N) is 3. The van der Waals surface area contributed by atoms with E-state index in [1.54, 1.807) is 9.25 Å². The maximum Gasteiger partial charge on any atom is 0.279 e. The van der Waals surface area contributed by atoms with Crippen LogP contribution in [0.2, 0.25) is 0 Å². The number of hydrogen-bond donors (Lipinski definition) is 0. The van der Waals surface area contributed by atoms with E-state index in [2.05, 4.69) is 5.10 Å². The van der Waals surface area contributed by atoms with Crippen molar-refractivity contribution in [3.8, 4) is 5.69 Å². The number of aromatic nitrogens is 3. The van der Waals surface area contributed by atoms with Crippen molar-refractivity contribution < 1.29 is 0 Å². The highest BCUT2D eigenvalue weighted by molar-refractivity contribution is 6.04. The molecule has 0 aliphatic rings. The standard InChI is InChI=1S/C18H15N3O/c1-2-20-16-11-7-6-10-14(16)15-12-21(19-17(15)18(20)22)13-8-4-3-5-9-13/h3-12H,2H2,1H3. The highest BCUT2D eigenvalue weighted by Gasteiger charge is 2.13. The predicted octanol–water partition coefficient (Wildman–Crippen LogP) is 3.36. The molecule has 0 atom stereocenters. The zero-order chi connectivity index (χ0) is 15.1. The van der Waals surface area contributed by atoms with Crippen molar-refractivity contribution in [3.05, 3.63) is 71.1 Å². The number of benzene rings is 2. The summed E-state index contributed by atoms with van der Waals surface area (Å²) in [6.07, 6.45) is 1.94. The summed E-state index contributed by atoms with van der Waals surface area (Å²) in [5.74, 6) is 0. The van der Waals surface area contributed by atoms with E-state index < -0.39 is 0 Å². The Morgan fingerprint density at radius 1 is 0.955 bits per heavy atom. The van der Waals surface area contributed by atoms with Gasteiger partial charge in [-0.25, -0.2) is 4.68 Å². The Morgan fingerprint density at radius 2 is 1.68 bits per heavy atom. The highest BCUT2D eigenvalue weighted by Crippen LogP contribution is 2.23. The SMILES string of the molecule is CCn1c(=O)c2nn(-c3ccccc3)cc2c2ccccc21. The largest absolute Gasteiger partial charge is 0.307 e. The molecule has 2 heterocycles. The van der Waals surface area contributed by atoms with Gasteiger partial charge in [0, 0.05) is 23.5 Å². The summed E-state index contributed by atoms with van der Waals surface area (Å²) in [7, 11) is 0. The van der Waals surface area contributed by atoms with Crippen molar-refractivity contribution in [3.63, 3.8) is 0 Å². The van der Waals surface area contributed by atoms with E-state index in [9.17, 15) is 4.79 Å². The summed E-state index contributed by atoms with van der Waals surface area (Å²) in [4.78, 5) is 12.7. The van der Waals surface area contributed by atoms with Crippen LogP contribution in [-0.4, -0.2) is 14.3 Å². The lowest BCUT2D eigenvalue weighted by Gasteiger charge is -2.07. The first-order valence-corrected chi connectivity index (χ1v) is 7.36. The number of hydrogen-bond acceptors (Lipinski definition) is 2. The fourth-order valence-electron chi connectivity index (χ4n) is 2.93. The number of rotatable bonds is 2. The Kier molecular flexibility index (Phi) is 2.82. The first kappa shape index (κ1) is 12.8. The van der Waals surface area contributed by atoms with E-state index in [1.165, 1.54) is 0 Å². The molecule has 0 saturated heterocycles. The molecule has 4 nitrogen and oxygen atoms in total. The van der Waals surface area contributed by atoms with Gasteiger partial charge in [0.2, 0.25) is 0 Å². The average molecular weight is 289 g/mol. The molecule has 0 amide bonds. The number of aryl methyl sites for hydroxylation is 1. The van der Waals surface area contributed by atoms with E-state index in [1.807, 2.05) is 67.7 Å². The molecular weight excluding hydrogens is 274 g/mol. The van der Waals surface area contributed by atoms with Crippen molar-refractivity contribution in [2.45, 2.75) is 13.5 Å². The van der Waals surface area contributed by atoms with Gasteiger partial charge in [0.05, 0.1) is 11.2 Å². The summed E-state index contributed by atoms with van der Waals surface area (Å²) < 4.78 is 3.55. The fourth-order valence-corrected chi connectivity index (χ4v) is 2.93. The molecule has 0 bridgehead atoms. The molecule has 0 spiro atoms. The second-order valence-electron chi connectivity index (χ2n) is 5.24. The van der Waals surface area contributed by atoms with E-state index in [-0.39, 0.29) is 5.56 Å². The Bertz CT molecular complexity index is 1030. The van der Waals surface area contributed by atoms with E-state index in [0.29, 0.717) is 12.1 Å². The topological polar surface area (TPSA) is 39.8 Å². The van der Waals surface area contributed by atoms with Gasteiger partial charge in [-0.1, -0.05) is 36.4 Å². The van der Waals surface area contributed by atoms with E-state index >= 15 is 0 Å². The van der Waals surface area contributed by atoms with Crippen LogP contribution in [0.4, 0.5) is 0 Å². The normalized spacial score (nSPS) is 11.3. The van der Waals surface area contributed by atoms with Gasteiger partial charge in [0.15, 0.2) is 5.52 Å². The predicted molar refractivity (Wildman–Crippen MR) is 88.5 cm³/mol. The van der Waals surface area contributed by atoms with Gasteiger partial charge in [-0.2, -0.15) is 5.10 Å². The van der Waals surface area contributed by atoms with Crippen LogP contribution in [0.3, 0.4) is 0 Å². The lowest BCUT2D eigenvalue weighted by molar-refractivity contribution is 0.762. The molecule has 0 aliphatic heterocycles. The van der Waals surface area contributed by atoms with Gasteiger partial charge < -0.3 is 4.57 Å². The van der Waals surface area contributed by atoms with Crippen LogP contribution >= 0.6 is 0 Å². The lowest BCUT2D eigenvalue weighted by Crippen LogP contribution is -2.20. The molecule has 0 saturated carbocycles. The Balaban J connectivity index is 2.14. The summed E-state index contributed by atoms with van der Waals surface area (Å²) in [6.45, 7) is 2.61. The fraction of sp³-hybridized carbons (Fsp3) is 0.111. The Hall–Kier alpha value is -2.88. The molecule has 4 aromatic rings. The molecule has 4 rings (SSSR count). The second-order valence-corrected chi connectivity index (χ2v) is 5.24. The summed E-state index contributed by atoms with van der Waals surface area (Å²) in [5.41, 5.74) is 2.38. The van der Waals surface area contributed by atoms with Crippen LogP contribution in [0.1, 0.15) is 6.92 Å². The molecular formula is C18H15N3O. The average Bonchev–Trinajstić information content (AvgIpc) is 3.02. The van der Waals surface area contributed by atoms with Crippen molar-refractivity contribution in [1.82, 2.24) is 14.3 Å². The van der Waals surface area contributed by atoms with E-state index in [4.69, 9.17) is 0 Å². The molecule has 2 aromatic carbocycles. The van der Waals surface area contributed by atoms with Gasteiger partial charge in [-0.3, -0.25) is 4.79 Å².